The summed E-state index contributed by atoms with van der Waals surface area (Å²) in [6.07, 6.45) is -16.3. The van der Waals surface area contributed by atoms with Crippen molar-refractivity contribution in [1.82, 2.24) is 10.6 Å². The van der Waals surface area contributed by atoms with Crippen molar-refractivity contribution in [3.05, 3.63) is 69.5 Å². The first-order chi connectivity index (χ1) is 23.9. The second-order valence-electron chi connectivity index (χ2n) is 11.7. The molecule has 284 valence electrons. The van der Waals surface area contributed by atoms with Crippen LogP contribution in [-0.4, -0.2) is 132 Å². The number of rotatable bonds is 18. The van der Waals surface area contributed by atoms with E-state index >= 15 is 0 Å². The smallest absolute Gasteiger partial charge is 0.341 e. The number of hydrogen-bond acceptors (Lipinski definition) is 17. The van der Waals surface area contributed by atoms with Gasteiger partial charge in [-0.1, -0.05) is 0 Å². The van der Waals surface area contributed by atoms with Crippen LogP contribution in [0.1, 0.15) is 90.9 Å². The lowest BCUT2D eigenvalue weighted by atomic mass is 10.0. The Kier molecular flexibility index (Phi) is 14.5. The van der Waals surface area contributed by atoms with Crippen LogP contribution in [0.3, 0.4) is 0 Å². The van der Waals surface area contributed by atoms with Crippen LogP contribution in [0.2, 0.25) is 0 Å². The number of aliphatic hydroxyl groups is 10. The molecule has 0 aromatic carbocycles. The minimum Gasteiger partial charge on any atom is -0.463 e. The van der Waals surface area contributed by atoms with Crippen molar-refractivity contribution >= 4 is 17.8 Å². The third kappa shape index (κ3) is 9.80. The van der Waals surface area contributed by atoms with Crippen molar-refractivity contribution in [3.63, 3.8) is 0 Å². The molecule has 0 unspecified atom stereocenters. The Morgan fingerprint density at radius 3 is 1.29 bits per heavy atom. The average Bonchev–Trinajstić information content (AvgIpc) is 3.82. The number of aliphatic hydroxyl groups excluding tert-OH is 10. The molecular weight excluding hydrogens is 684 g/mol. The van der Waals surface area contributed by atoms with Gasteiger partial charge in [0, 0.05) is 13.1 Å². The zero-order chi connectivity index (χ0) is 38.3. The first-order valence-electron chi connectivity index (χ1n) is 15.7. The predicted octanol–water partition coefficient (Wildman–Crippen LogP) is -2.31. The van der Waals surface area contributed by atoms with Crippen LogP contribution in [-0.2, 0) is 4.74 Å². The van der Waals surface area contributed by atoms with Gasteiger partial charge in [-0.15, -0.1) is 0 Å². The van der Waals surface area contributed by atoms with Crippen LogP contribution < -0.4 is 10.6 Å². The maximum Gasteiger partial charge on any atom is 0.341 e. The lowest BCUT2D eigenvalue weighted by molar-refractivity contribution is -0.0837. The van der Waals surface area contributed by atoms with E-state index in [1.807, 2.05) is 0 Å². The maximum atomic E-state index is 12.8. The van der Waals surface area contributed by atoms with Gasteiger partial charge in [-0.05, 0) is 45.9 Å². The lowest BCUT2D eigenvalue weighted by Gasteiger charge is -2.22. The van der Waals surface area contributed by atoms with Gasteiger partial charge >= 0.3 is 5.97 Å². The highest BCUT2D eigenvalue weighted by Crippen LogP contribution is 2.28. The van der Waals surface area contributed by atoms with E-state index in [9.17, 15) is 60.3 Å². The van der Waals surface area contributed by atoms with E-state index in [0.29, 0.717) is 0 Å². The molecule has 3 heterocycles. The van der Waals surface area contributed by atoms with Gasteiger partial charge in [0.2, 0.25) is 0 Å². The Bertz CT molecular complexity index is 1630. The second-order valence-corrected chi connectivity index (χ2v) is 11.7. The van der Waals surface area contributed by atoms with Crippen molar-refractivity contribution in [1.29, 1.82) is 0 Å². The van der Waals surface area contributed by atoms with E-state index in [4.69, 9.17) is 23.1 Å². The minimum atomic E-state index is -1.95. The number of amides is 2. The van der Waals surface area contributed by atoms with E-state index in [1.54, 1.807) is 6.92 Å². The summed E-state index contributed by atoms with van der Waals surface area (Å²) >= 11 is 0. The van der Waals surface area contributed by atoms with E-state index < -0.39 is 92.4 Å². The molecule has 51 heavy (non-hydrogen) atoms. The number of nitrogens with one attached hydrogen (secondary N) is 2. The number of furan rings is 3. The molecule has 0 aliphatic rings. The molecule has 3 rings (SSSR count). The van der Waals surface area contributed by atoms with Gasteiger partial charge in [0.05, 0.1) is 24.3 Å². The number of aryl methyl sites for hydroxylation is 3. The Hall–Kier alpha value is -4.15. The molecule has 0 spiro atoms. The predicted molar refractivity (Wildman–Crippen MR) is 169 cm³/mol. The van der Waals surface area contributed by atoms with Crippen LogP contribution >= 0.6 is 0 Å². The van der Waals surface area contributed by atoms with E-state index in [2.05, 4.69) is 10.6 Å². The SMILES string of the molecule is CCOC(=O)c1cc([C@@H](O)[C@H](O)[C@H](O)CNC(=O)c2cc([C@@H](O)[C@H](O)[C@H](O)CNC(=O)c3cc([C@@H](O)[C@H](O)[C@H](O)CO)oc3C)oc2C)oc1C. The molecule has 0 aliphatic heterocycles. The molecule has 19 nitrogen and oxygen atoms in total. The quantitative estimate of drug-likeness (QED) is 0.0612. The van der Waals surface area contributed by atoms with Crippen LogP contribution in [0, 0.1) is 20.8 Å². The monoisotopic (exact) mass is 728 g/mol. The summed E-state index contributed by atoms with van der Waals surface area (Å²) in [6, 6.07) is 3.30. The molecular formula is C32H44N2O17. The van der Waals surface area contributed by atoms with Crippen molar-refractivity contribution in [3.8, 4) is 0 Å². The summed E-state index contributed by atoms with van der Waals surface area (Å²) in [4.78, 5) is 37.5. The molecule has 2 amide bonds. The first-order valence-corrected chi connectivity index (χ1v) is 15.7. The van der Waals surface area contributed by atoms with Crippen LogP contribution in [0.5, 0.6) is 0 Å². The molecule has 3 aromatic heterocycles. The molecule has 12 N–H and O–H groups in total. The van der Waals surface area contributed by atoms with Crippen molar-refractivity contribution in [2.24, 2.45) is 0 Å². The van der Waals surface area contributed by atoms with Crippen LogP contribution in [0.25, 0.3) is 0 Å². The minimum absolute atomic E-state index is 0.00499. The molecule has 0 saturated carbocycles. The van der Waals surface area contributed by atoms with Gasteiger partial charge in [0.25, 0.3) is 11.8 Å². The third-order valence-electron chi connectivity index (χ3n) is 7.95. The molecule has 9 atom stereocenters. The Morgan fingerprint density at radius 2 is 0.941 bits per heavy atom. The molecule has 0 aliphatic carbocycles. The highest BCUT2D eigenvalue weighted by atomic mass is 16.5. The van der Waals surface area contributed by atoms with Crippen molar-refractivity contribution < 1.29 is 83.4 Å². The molecule has 0 fully saturated rings. The first kappa shape index (κ1) is 41.3. The number of carbonyl (C=O) groups is 3. The maximum absolute atomic E-state index is 12.8. The van der Waals surface area contributed by atoms with Crippen LogP contribution in [0.15, 0.2) is 31.5 Å². The Labute approximate surface area is 290 Å². The van der Waals surface area contributed by atoms with Crippen LogP contribution in [0.4, 0.5) is 0 Å². The van der Waals surface area contributed by atoms with Gasteiger partial charge in [0.15, 0.2) is 0 Å². The fourth-order valence-electron chi connectivity index (χ4n) is 4.89. The number of ether oxygens (including phenoxy) is 1. The van der Waals surface area contributed by atoms with Gasteiger partial charge in [-0.3, -0.25) is 9.59 Å². The fourth-order valence-corrected chi connectivity index (χ4v) is 4.89. The number of carbonyl (C=O) groups excluding carboxylic acids is 3. The van der Waals surface area contributed by atoms with Gasteiger partial charge < -0.3 is 79.7 Å². The second kappa shape index (κ2) is 17.9. The molecule has 3 aromatic rings. The summed E-state index contributed by atoms with van der Waals surface area (Å²) in [5, 5.41) is 106. The Morgan fingerprint density at radius 1 is 0.608 bits per heavy atom. The summed E-state index contributed by atoms with van der Waals surface area (Å²) in [6.45, 7) is 3.83. The highest BCUT2D eigenvalue weighted by Gasteiger charge is 2.34. The summed E-state index contributed by atoms with van der Waals surface area (Å²) < 4.78 is 20.9. The molecule has 19 heteroatoms. The molecule has 0 saturated heterocycles. The summed E-state index contributed by atoms with van der Waals surface area (Å²) in [7, 11) is 0. The highest BCUT2D eigenvalue weighted by molar-refractivity contribution is 5.96. The molecule has 0 radical (unpaired) electrons. The zero-order valence-corrected chi connectivity index (χ0v) is 28.1. The largest absolute Gasteiger partial charge is 0.463 e. The number of hydrogen-bond donors (Lipinski definition) is 12. The Balaban J connectivity index is 1.56. The topological polar surface area (TPSA) is 326 Å². The van der Waals surface area contributed by atoms with E-state index in [1.165, 1.54) is 26.8 Å². The standard InChI is InChI=1S/C32H44N2O17/c1-5-48-32(47)17-8-23(51-14(17)4)28(43)25(40)19(37)10-34-30(45)15-6-21(49-12(15)2)27(42)24(39)18(36)9-33-31(46)16-7-22(50-13(16)3)29(44)26(41)20(38)11-35/h6-8,18-20,24-29,35-44H,5,9-11H2,1-4H3,(H,33,46)(H,34,45)/t18-,19-,20-,24-,25-,26-,27-,28-,29-/m1/s1. The van der Waals surface area contributed by atoms with Crippen molar-refractivity contribution in [2.75, 3.05) is 26.3 Å². The third-order valence-corrected chi connectivity index (χ3v) is 7.95. The lowest BCUT2D eigenvalue weighted by Crippen LogP contribution is -2.42. The summed E-state index contributed by atoms with van der Waals surface area (Å²) in [5.74, 6) is -3.16. The number of esters is 1. The van der Waals surface area contributed by atoms with Gasteiger partial charge in [-0.25, -0.2) is 4.79 Å². The van der Waals surface area contributed by atoms with Gasteiger partial charge in [0.1, 0.15) is 95.1 Å². The van der Waals surface area contributed by atoms with E-state index in [-0.39, 0.29) is 57.9 Å². The van der Waals surface area contributed by atoms with E-state index in [0.717, 1.165) is 12.1 Å². The van der Waals surface area contributed by atoms with Gasteiger partial charge in [-0.2, -0.15) is 0 Å². The molecule has 0 bridgehead atoms. The normalized spacial score (nSPS) is 17.1. The fraction of sp³-hybridized carbons (Fsp3) is 0.531. The zero-order valence-electron chi connectivity index (χ0n) is 28.1. The van der Waals surface area contributed by atoms with Crippen molar-refractivity contribution in [2.45, 2.75) is 82.6 Å². The average molecular weight is 729 g/mol. The summed E-state index contributed by atoms with van der Waals surface area (Å²) in [5.41, 5.74) is -0.250.